The lowest BCUT2D eigenvalue weighted by Crippen LogP contribution is -2.26. The van der Waals surface area contributed by atoms with Crippen molar-refractivity contribution in [2.45, 2.75) is 19.1 Å². The van der Waals surface area contributed by atoms with Gasteiger partial charge in [0.25, 0.3) is 0 Å². The molecule has 0 aliphatic heterocycles. The van der Waals surface area contributed by atoms with Crippen LogP contribution in [0.4, 0.5) is 0 Å². The maximum atomic E-state index is 11.1. The third-order valence-electron chi connectivity index (χ3n) is 3.25. The smallest absolute Gasteiger partial charge is 0.240 e. The van der Waals surface area contributed by atoms with Gasteiger partial charge >= 0.3 is 0 Å². The minimum atomic E-state index is -0.867. The number of rotatable bonds is 5. The van der Waals surface area contributed by atoms with Gasteiger partial charge in [-0.25, -0.2) is 0 Å². The highest BCUT2D eigenvalue weighted by molar-refractivity contribution is 5.86. The predicted molar refractivity (Wildman–Crippen MR) is 77.9 cm³/mol. The van der Waals surface area contributed by atoms with Crippen LogP contribution >= 0.6 is 0 Å². The van der Waals surface area contributed by atoms with Gasteiger partial charge in [-0.3, -0.25) is 10.1 Å². The lowest BCUT2D eigenvalue weighted by molar-refractivity contribution is -0.532. The fourth-order valence-corrected chi connectivity index (χ4v) is 2.24. The van der Waals surface area contributed by atoms with Gasteiger partial charge in [-0.1, -0.05) is 48.4 Å². The molecular weight excluding hydrogens is 254 g/mol. The van der Waals surface area contributed by atoms with E-state index in [1.165, 1.54) is 6.92 Å². The Morgan fingerprint density at radius 3 is 2.70 bits per heavy atom. The third kappa shape index (κ3) is 2.79. The van der Waals surface area contributed by atoms with Crippen LogP contribution in [0.25, 0.3) is 10.8 Å². The number of hydrogen-bond donors (Lipinski definition) is 0. The Morgan fingerprint density at radius 1 is 1.30 bits per heavy atom. The molecule has 0 N–H and O–H groups in total. The number of hydrogen-bond acceptors (Lipinski definition) is 3. The van der Waals surface area contributed by atoms with Crippen molar-refractivity contribution in [3.05, 3.63) is 58.1 Å². The van der Waals surface area contributed by atoms with Crippen LogP contribution in [-0.4, -0.2) is 17.6 Å². The van der Waals surface area contributed by atoms with Gasteiger partial charge in [0.1, 0.15) is 6.61 Å². The van der Waals surface area contributed by atoms with Gasteiger partial charge < -0.3 is 4.74 Å². The molecule has 0 heterocycles. The van der Waals surface area contributed by atoms with Gasteiger partial charge in [0.05, 0.1) is 0 Å². The summed E-state index contributed by atoms with van der Waals surface area (Å²) in [6.45, 7) is 1.58. The van der Waals surface area contributed by atoms with E-state index >= 15 is 0 Å². The van der Waals surface area contributed by atoms with E-state index < -0.39 is 12.1 Å². The highest BCUT2D eigenvalue weighted by atomic mass is 16.6. The average Bonchev–Trinajstić information content (AvgIpc) is 2.47. The van der Waals surface area contributed by atoms with Crippen molar-refractivity contribution in [3.8, 4) is 12.3 Å². The van der Waals surface area contributed by atoms with Crippen LogP contribution in [0.1, 0.15) is 18.6 Å². The summed E-state index contributed by atoms with van der Waals surface area (Å²) in [4.78, 5) is 10.7. The maximum absolute atomic E-state index is 11.1. The minimum Gasteiger partial charge on any atom is -0.354 e. The zero-order chi connectivity index (χ0) is 14.5. The van der Waals surface area contributed by atoms with Crippen LogP contribution in [-0.2, 0) is 4.74 Å². The van der Waals surface area contributed by atoms with E-state index in [-0.39, 0.29) is 11.5 Å². The highest BCUT2D eigenvalue weighted by Gasteiger charge is 2.30. The lowest BCUT2D eigenvalue weighted by atomic mass is 9.97. The van der Waals surface area contributed by atoms with Gasteiger partial charge in [0.2, 0.25) is 6.04 Å². The summed E-state index contributed by atoms with van der Waals surface area (Å²) >= 11 is 0. The molecule has 0 amide bonds. The Labute approximate surface area is 117 Å². The second kappa shape index (κ2) is 6.18. The number of ether oxygens (including phenoxy) is 1. The second-order valence-corrected chi connectivity index (χ2v) is 4.53. The van der Waals surface area contributed by atoms with Crippen molar-refractivity contribution >= 4 is 10.8 Å². The third-order valence-corrected chi connectivity index (χ3v) is 3.25. The summed E-state index contributed by atoms with van der Waals surface area (Å²) in [6.07, 6.45) is 4.54. The fraction of sp³-hybridized carbons (Fsp3) is 0.250. The van der Waals surface area contributed by atoms with Crippen molar-refractivity contribution < 1.29 is 9.66 Å². The molecule has 102 valence electrons. The standard InChI is InChI=1S/C16H15NO3/c1-3-11-20-16(12(2)17(18)19)15-10-6-8-13-7-4-5-9-14(13)15/h1,4-10,12,16H,11H2,2H3. The largest absolute Gasteiger partial charge is 0.354 e. The molecule has 2 aromatic carbocycles. The van der Waals surface area contributed by atoms with Crippen LogP contribution < -0.4 is 0 Å². The van der Waals surface area contributed by atoms with Crippen molar-refractivity contribution in [2.75, 3.05) is 6.61 Å². The minimum absolute atomic E-state index is 0.0477. The van der Waals surface area contributed by atoms with E-state index in [1.807, 2.05) is 42.5 Å². The molecular formula is C16H15NO3. The molecule has 2 aromatic rings. The fourth-order valence-electron chi connectivity index (χ4n) is 2.24. The van der Waals surface area contributed by atoms with Crippen LogP contribution in [0.2, 0.25) is 0 Å². The summed E-state index contributed by atoms with van der Waals surface area (Å²) in [6, 6.07) is 12.6. The maximum Gasteiger partial charge on any atom is 0.240 e. The zero-order valence-electron chi connectivity index (χ0n) is 11.2. The Balaban J connectivity index is 2.50. The first kappa shape index (κ1) is 14.0. The Kier molecular flexibility index (Phi) is 4.34. The monoisotopic (exact) mass is 269 g/mol. The molecule has 0 fully saturated rings. The number of benzene rings is 2. The lowest BCUT2D eigenvalue weighted by Gasteiger charge is -2.20. The summed E-state index contributed by atoms with van der Waals surface area (Å²) in [5.41, 5.74) is 0.794. The van der Waals surface area contributed by atoms with Gasteiger partial charge in [-0.2, -0.15) is 0 Å². The van der Waals surface area contributed by atoms with Crippen LogP contribution in [0.5, 0.6) is 0 Å². The van der Waals surface area contributed by atoms with Crippen LogP contribution in [0, 0.1) is 22.5 Å². The van der Waals surface area contributed by atoms with E-state index in [0.29, 0.717) is 0 Å². The molecule has 2 unspecified atom stereocenters. The molecule has 20 heavy (non-hydrogen) atoms. The number of terminal acetylenes is 1. The first-order valence-electron chi connectivity index (χ1n) is 6.31. The highest BCUT2D eigenvalue weighted by Crippen LogP contribution is 2.29. The van der Waals surface area contributed by atoms with Crippen molar-refractivity contribution in [1.29, 1.82) is 0 Å². The van der Waals surface area contributed by atoms with Gasteiger partial charge in [0, 0.05) is 11.8 Å². The predicted octanol–water partition coefficient (Wildman–Crippen LogP) is 3.20. The van der Waals surface area contributed by atoms with Crippen LogP contribution in [0.3, 0.4) is 0 Å². The summed E-state index contributed by atoms with van der Waals surface area (Å²) in [5.74, 6) is 2.36. The Bertz CT molecular complexity index is 655. The molecule has 2 rings (SSSR count). The average molecular weight is 269 g/mol. The topological polar surface area (TPSA) is 52.4 Å². The van der Waals surface area contributed by atoms with E-state index in [0.717, 1.165) is 16.3 Å². The van der Waals surface area contributed by atoms with E-state index in [9.17, 15) is 10.1 Å². The number of nitro groups is 1. The summed E-state index contributed by atoms with van der Waals surface area (Å²) in [5, 5.41) is 13.1. The van der Waals surface area contributed by atoms with Gasteiger partial charge in [0.15, 0.2) is 6.10 Å². The van der Waals surface area contributed by atoms with Gasteiger partial charge in [-0.15, -0.1) is 6.42 Å². The normalized spacial score (nSPS) is 13.6. The SMILES string of the molecule is C#CCOC(c1cccc2ccccc12)C(C)[N+](=O)[O-]. The molecule has 0 radical (unpaired) electrons. The van der Waals surface area contributed by atoms with Crippen molar-refractivity contribution in [2.24, 2.45) is 0 Å². The van der Waals surface area contributed by atoms with E-state index in [1.54, 1.807) is 0 Å². The molecule has 4 heteroatoms. The molecule has 4 nitrogen and oxygen atoms in total. The van der Waals surface area contributed by atoms with Crippen molar-refractivity contribution in [3.63, 3.8) is 0 Å². The molecule has 2 atom stereocenters. The van der Waals surface area contributed by atoms with E-state index in [4.69, 9.17) is 11.2 Å². The summed E-state index contributed by atoms with van der Waals surface area (Å²) < 4.78 is 5.53. The zero-order valence-corrected chi connectivity index (χ0v) is 11.2. The van der Waals surface area contributed by atoms with E-state index in [2.05, 4.69) is 5.92 Å². The molecule has 0 saturated carbocycles. The summed E-state index contributed by atoms with van der Waals surface area (Å²) in [7, 11) is 0. The molecule has 0 aliphatic rings. The quantitative estimate of drug-likeness (QED) is 0.476. The molecule has 0 aromatic heterocycles. The first-order chi connectivity index (χ1) is 9.65. The second-order valence-electron chi connectivity index (χ2n) is 4.53. The molecule has 0 aliphatic carbocycles. The number of fused-ring (bicyclic) bond motifs is 1. The number of nitrogens with zero attached hydrogens (tertiary/aromatic N) is 1. The Hall–Kier alpha value is -2.38. The molecule has 0 saturated heterocycles. The van der Waals surface area contributed by atoms with Gasteiger partial charge in [-0.05, 0) is 16.3 Å². The molecule has 0 bridgehead atoms. The van der Waals surface area contributed by atoms with Crippen molar-refractivity contribution in [1.82, 2.24) is 0 Å². The Morgan fingerprint density at radius 2 is 2.00 bits per heavy atom. The molecule has 0 spiro atoms. The first-order valence-corrected chi connectivity index (χ1v) is 6.31. The van der Waals surface area contributed by atoms with Crippen LogP contribution in [0.15, 0.2) is 42.5 Å².